The number of fused-ring (bicyclic) bond motifs is 1. The van der Waals surface area contributed by atoms with Gasteiger partial charge < -0.3 is 5.73 Å². The number of nitrogens with two attached hydrogens (primary N) is 1. The Morgan fingerprint density at radius 1 is 1.19 bits per heavy atom. The standard InChI is InChI=1S/C17H22N2O2/c1-17(2)9-15(20)19(16(21)10-17)14-5-3-4-11-8-12(18)6-7-13(11)14/h6-8,14H,3-5,9-10,18H2,1-2H3. The van der Waals surface area contributed by atoms with E-state index in [1.54, 1.807) is 0 Å². The normalized spacial score (nSPS) is 24.9. The largest absolute Gasteiger partial charge is 0.399 e. The molecule has 0 spiro atoms. The van der Waals surface area contributed by atoms with E-state index in [0.717, 1.165) is 30.5 Å². The van der Waals surface area contributed by atoms with Crippen molar-refractivity contribution < 1.29 is 9.59 Å². The first-order valence-electron chi connectivity index (χ1n) is 7.61. The van der Waals surface area contributed by atoms with Crippen LogP contribution in [0.2, 0.25) is 0 Å². The van der Waals surface area contributed by atoms with E-state index in [1.807, 2.05) is 32.0 Å². The van der Waals surface area contributed by atoms with E-state index in [2.05, 4.69) is 0 Å². The molecule has 2 amide bonds. The third-order valence-electron chi connectivity index (χ3n) is 4.56. The highest BCUT2D eigenvalue weighted by atomic mass is 16.2. The van der Waals surface area contributed by atoms with Crippen molar-refractivity contribution in [3.05, 3.63) is 29.3 Å². The number of hydrogen-bond donors (Lipinski definition) is 1. The second-order valence-corrected chi connectivity index (χ2v) is 7.04. The molecule has 1 aromatic carbocycles. The lowest BCUT2D eigenvalue weighted by Crippen LogP contribution is -2.48. The van der Waals surface area contributed by atoms with Crippen LogP contribution in [0, 0.1) is 5.41 Å². The molecule has 4 heteroatoms. The fourth-order valence-corrected chi connectivity index (χ4v) is 3.62. The summed E-state index contributed by atoms with van der Waals surface area (Å²) in [7, 11) is 0. The van der Waals surface area contributed by atoms with Crippen molar-refractivity contribution in [3.8, 4) is 0 Å². The Morgan fingerprint density at radius 3 is 2.52 bits per heavy atom. The summed E-state index contributed by atoms with van der Waals surface area (Å²) < 4.78 is 0. The number of anilines is 1. The van der Waals surface area contributed by atoms with E-state index in [0.29, 0.717) is 12.8 Å². The van der Waals surface area contributed by atoms with Crippen LogP contribution in [0.1, 0.15) is 56.7 Å². The van der Waals surface area contributed by atoms with Gasteiger partial charge in [0.2, 0.25) is 11.8 Å². The molecule has 4 nitrogen and oxygen atoms in total. The fraction of sp³-hybridized carbons (Fsp3) is 0.529. The number of likely N-dealkylation sites (tertiary alicyclic amines) is 1. The van der Waals surface area contributed by atoms with Gasteiger partial charge in [0.15, 0.2) is 0 Å². The predicted molar refractivity (Wildman–Crippen MR) is 81.4 cm³/mol. The number of hydrogen-bond acceptors (Lipinski definition) is 3. The van der Waals surface area contributed by atoms with Crippen molar-refractivity contribution in [2.45, 2.75) is 52.0 Å². The molecule has 1 fully saturated rings. The molecule has 1 aliphatic carbocycles. The number of carbonyl (C=O) groups excluding carboxylic acids is 2. The van der Waals surface area contributed by atoms with Gasteiger partial charge in [-0.15, -0.1) is 0 Å². The second-order valence-electron chi connectivity index (χ2n) is 7.04. The van der Waals surface area contributed by atoms with Crippen LogP contribution < -0.4 is 5.73 Å². The number of rotatable bonds is 1. The SMILES string of the molecule is CC1(C)CC(=O)N(C2CCCc3cc(N)ccc32)C(=O)C1. The van der Waals surface area contributed by atoms with Gasteiger partial charge in [0, 0.05) is 18.5 Å². The molecule has 0 aromatic heterocycles. The zero-order chi connectivity index (χ0) is 15.2. The summed E-state index contributed by atoms with van der Waals surface area (Å²) in [4.78, 5) is 26.5. The summed E-state index contributed by atoms with van der Waals surface area (Å²) in [5, 5.41) is 0. The lowest BCUT2D eigenvalue weighted by atomic mass is 9.79. The average Bonchev–Trinajstić information content (AvgIpc) is 2.36. The van der Waals surface area contributed by atoms with E-state index in [4.69, 9.17) is 5.73 Å². The molecule has 2 N–H and O–H groups in total. The number of aryl methyl sites for hydroxylation is 1. The Hall–Kier alpha value is -1.84. The molecular weight excluding hydrogens is 264 g/mol. The van der Waals surface area contributed by atoms with Gasteiger partial charge in [0.1, 0.15) is 0 Å². The smallest absolute Gasteiger partial charge is 0.230 e. The quantitative estimate of drug-likeness (QED) is 0.638. The molecule has 1 aromatic rings. The fourth-order valence-electron chi connectivity index (χ4n) is 3.62. The first kappa shape index (κ1) is 14.1. The molecule has 1 atom stereocenters. The summed E-state index contributed by atoms with van der Waals surface area (Å²) >= 11 is 0. The van der Waals surface area contributed by atoms with Gasteiger partial charge in [0.05, 0.1) is 6.04 Å². The molecule has 2 aliphatic rings. The highest BCUT2D eigenvalue weighted by Gasteiger charge is 2.42. The van der Waals surface area contributed by atoms with Gasteiger partial charge in [-0.1, -0.05) is 19.9 Å². The lowest BCUT2D eigenvalue weighted by molar-refractivity contribution is -0.156. The van der Waals surface area contributed by atoms with Crippen LogP contribution in [0.15, 0.2) is 18.2 Å². The van der Waals surface area contributed by atoms with Gasteiger partial charge in [-0.2, -0.15) is 0 Å². The zero-order valence-corrected chi connectivity index (χ0v) is 12.7. The van der Waals surface area contributed by atoms with Crippen LogP contribution >= 0.6 is 0 Å². The Morgan fingerprint density at radius 2 is 1.86 bits per heavy atom. The van der Waals surface area contributed by atoms with Gasteiger partial charge in [-0.05, 0) is 47.9 Å². The van der Waals surface area contributed by atoms with Gasteiger partial charge >= 0.3 is 0 Å². The molecule has 1 unspecified atom stereocenters. The maximum Gasteiger partial charge on any atom is 0.230 e. The highest BCUT2D eigenvalue weighted by molar-refractivity contribution is 5.99. The Labute approximate surface area is 125 Å². The Bertz CT molecular complexity index is 587. The first-order valence-corrected chi connectivity index (χ1v) is 7.61. The van der Waals surface area contributed by atoms with Crippen molar-refractivity contribution in [1.82, 2.24) is 4.90 Å². The monoisotopic (exact) mass is 286 g/mol. The number of amides is 2. The molecule has 0 bridgehead atoms. The number of benzene rings is 1. The number of nitrogens with zero attached hydrogens (tertiary/aromatic N) is 1. The van der Waals surface area contributed by atoms with E-state index < -0.39 is 0 Å². The number of carbonyl (C=O) groups is 2. The molecule has 21 heavy (non-hydrogen) atoms. The summed E-state index contributed by atoms with van der Waals surface area (Å²) in [6.07, 6.45) is 3.70. The highest BCUT2D eigenvalue weighted by Crippen LogP contribution is 2.40. The molecule has 0 radical (unpaired) electrons. The molecule has 3 rings (SSSR count). The van der Waals surface area contributed by atoms with Crippen molar-refractivity contribution in [2.24, 2.45) is 5.41 Å². The minimum Gasteiger partial charge on any atom is -0.399 e. The maximum atomic E-state index is 12.5. The van der Waals surface area contributed by atoms with Crippen LogP contribution in [0.3, 0.4) is 0 Å². The van der Waals surface area contributed by atoms with Crippen LogP contribution in [0.5, 0.6) is 0 Å². The summed E-state index contributed by atoms with van der Waals surface area (Å²) in [5.74, 6) is -0.0724. The summed E-state index contributed by atoms with van der Waals surface area (Å²) in [6, 6.07) is 5.71. The zero-order valence-electron chi connectivity index (χ0n) is 12.7. The molecular formula is C17H22N2O2. The lowest BCUT2D eigenvalue weighted by Gasteiger charge is -2.41. The Kier molecular flexibility index (Phi) is 3.27. The first-order chi connectivity index (χ1) is 9.87. The molecule has 1 aliphatic heterocycles. The van der Waals surface area contributed by atoms with Crippen LogP contribution in [0.4, 0.5) is 5.69 Å². The summed E-state index contributed by atoms with van der Waals surface area (Å²) in [6.45, 7) is 3.96. The van der Waals surface area contributed by atoms with E-state index in [1.165, 1.54) is 10.5 Å². The second kappa shape index (κ2) is 4.86. The van der Waals surface area contributed by atoms with E-state index >= 15 is 0 Å². The van der Waals surface area contributed by atoms with Crippen LogP contribution in [-0.2, 0) is 16.0 Å². The number of imide groups is 1. The van der Waals surface area contributed by atoms with Crippen molar-refractivity contribution >= 4 is 17.5 Å². The third kappa shape index (κ3) is 2.55. The molecule has 112 valence electrons. The van der Waals surface area contributed by atoms with Crippen LogP contribution in [0.25, 0.3) is 0 Å². The van der Waals surface area contributed by atoms with Gasteiger partial charge in [-0.25, -0.2) is 0 Å². The van der Waals surface area contributed by atoms with Gasteiger partial charge in [-0.3, -0.25) is 14.5 Å². The number of nitrogen functional groups attached to an aromatic ring is 1. The minimum atomic E-state index is -0.219. The van der Waals surface area contributed by atoms with Crippen molar-refractivity contribution in [1.29, 1.82) is 0 Å². The topological polar surface area (TPSA) is 63.4 Å². The van der Waals surface area contributed by atoms with E-state index in [9.17, 15) is 9.59 Å². The maximum absolute atomic E-state index is 12.5. The number of piperidine rings is 1. The van der Waals surface area contributed by atoms with Crippen LogP contribution in [-0.4, -0.2) is 16.7 Å². The van der Waals surface area contributed by atoms with E-state index in [-0.39, 0.29) is 23.3 Å². The third-order valence-corrected chi connectivity index (χ3v) is 4.56. The molecule has 0 saturated carbocycles. The average molecular weight is 286 g/mol. The van der Waals surface area contributed by atoms with Gasteiger partial charge in [0.25, 0.3) is 0 Å². The van der Waals surface area contributed by atoms with Crippen molar-refractivity contribution in [2.75, 3.05) is 5.73 Å². The minimum absolute atomic E-state index is 0.0362. The Balaban J connectivity index is 1.95. The summed E-state index contributed by atoms with van der Waals surface area (Å²) in [5.41, 5.74) is 8.64. The van der Waals surface area contributed by atoms with Crippen molar-refractivity contribution in [3.63, 3.8) is 0 Å². The predicted octanol–water partition coefficient (Wildman–Crippen LogP) is 2.82. The molecule has 1 saturated heterocycles. The molecule has 1 heterocycles.